The van der Waals surface area contributed by atoms with Crippen molar-refractivity contribution < 1.29 is 45.2 Å². The Hall–Kier alpha value is -2.05. The lowest BCUT2D eigenvalue weighted by molar-refractivity contribution is -0.948. The molecule has 16 heteroatoms. The topological polar surface area (TPSA) is 120 Å². The second kappa shape index (κ2) is 24.8. The third-order valence-electron chi connectivity index (χ3n) is 7.95. The Morgan fingerprint density at radius 2 is 0.554 bits per heavy atom. The van der Waals surface area contributed by atoms with Gasteiger partial charge in [-0.15, -0.1) is 0 Å². The normalized spacial score (nSPS) is 12.5. The van der Waals surface area contributed by atoms with Crippen LogP contribution in [0.4, 0.5) is 17.1 Å². The van der Waals surface area contributed by atoms with Gasteiger partial charge in [0, 0.05) is 16.7 Å². The summed E-state index contributed by atoms with van der Waals surface area (Å²) in [6.45, 7) is 22.6. The average molecular weight is 840 g/mol. The number of quaternary nitrogens is 1. The van der Waals surface area contributed by atoms with E-state index in [1.54, 1.807) is 0 Å². The van der Waals surface area contributed by atoms with E-state index in [4.69, 9.17) is 54.9 Å². The van der Waals surface area contributed by atoms with E-state index in [9.17, 15) is 0 Å². The van der Waals surface area contributed by atoms with E-state index in [0.29, 0.717) is 83.6 Å². The molecule has 0 aliphatic carbocycles. The van der Waals surface area contributed by atoms with Gasteiger partial charge in [0.05, 0.1) is 83.6 Å². The van der Waals surface area contributed by atoms with E-state index < -0.39 is 23.2 Å². The van der Waals surface area contributed by atoms with Crippen molar-refractivity contribution in [2.75, 3.05) is 66.5 Å². The van der Waals surface area contributed by atoms with Gasteiger partial charge >= 0.3 is 23.2 Å². The number of benzene rings is 3. The standard InChI is InChI=1S/C40H66N4O9P3/c1-11-45-54(46-12-2,47-13-3)41-38-29-23-20-26-35(38)32-44(10,33-36-27-21-24-30-39(36)42-55(48-14-4,49-15-5)50-16-6)34-37-28-22-25-31-40(37)43-56(51-17-7,52-18-8)53-19-9/h20-31H,11-19,32-34H2,1-10H3/q+1. The molecule has 3 aromatic rings. The minimum atomic E-state index is -3.03. The second-order valence-electron chi connectivity index (χ2n) is 12.4. The Bertz CT molecular complexity index is 1520. The van der Waals surface area contributed by atoms with Crippen molar-refractivity contribution in [2.45, 2.75) is 81.9 Å². The first kappa shape index (κ1) is 48.3. The quantitative estimate of drug-likeness (QED) is 0.0546. The molecule has 56 heavy (non-hydrogen) atoms. The molecule has 0 bridgehead atoms. The number of nitrogens with zero attached hydrogens (tertiary/aromatic N) is 4. The molecule has 3 aromatic carbocycles. The first-order valence-electron chi connectivity index (χ1n) is 19.8. The molecule has 0 fully saturated rings. The zero-order valence-electron chi connectivity index (χ0n) is 35.2. The lowest BCUT2D eigenvalue weighted by Gasteiger charge is -2.36. The molecule has 0 saturated carbocycles. The van der Waals surface area contributed by atoms with Crippen LogP contribution in [0.2, 0.25) is 0 Å². The van der Waals surface area contributed by atoms with Gasteiger partial charge in [0.15, 0.2) is 0 Å². The summed E-state index contributed by atoms with van der Waals surface area (Å²) in [6.07, 6.45) is 0. The summed E-state index contributed by atoms with van der Waals surface area (Å²) in [5, 5.41) is 0. The van der Waals surface area contributed by atoms with E-state index in [1.807, 2.05) is 117 Å². The molecule has 0 aliphatic heterocycles. The first-order valence-corrected chi connectivity index (χ1v) is 24.3. The monoisotopic (exact) mass is 839 g/mol. The van der Waals surface area contributed by atoms with Gasteiger partial charge in [-0.3, -0.25) is 0 Å². The SMILES string of the molecule is CCOP(=Nc1ccccc1C[N+](C)(Cc1ccccc1N=P(OCC)(OCC)OCC)Cc1ccccc1N=P(OCC)(OCC)OCC)(OCC)OCC. The summed E-state index contributed by atoms with van der Waals surface area (Å²) >= 11 is 0. The van der Waals surface area contributed by atoms with E-state index in [0.717, 1.165) is 33.8 Å². The predicted molar refractivity (Wildman–Crippen MR) is 228 cm³/mol. The fourth-order valence-corrected chi connectivity index (χ4v) is 11.6. The van der Waals surface area contributed by atoms with E-state index in [2.05, 4.69) is 25.2 Å². The van der Waals surface area contributed by atoms with Crippen LogP contribution in [0.1, 0.15) is 79.0 Å². The van der Waals surface area contributed by atoms with E-state index in [1.165, 1.54) is 0 Å². The molecule has 0 heterocycles. The van der Waals surface area contributed by atoms with Crippen LogP contribution >= 0.6 is 23.2 Å². The Kier molecular flexibility index (Phi) is 21.4. The lowest BCUT2D eigenvalue weighted by atomic mass is 10.1. The number of hydrogen-bond donors (Lipinski definition) is 0. The summed E-state index contributed by atoms with van der Waals surface area (Å²) in [6, 6.07) is 24.3. The molecule has 3 rings (SSSR count). The molecule has 0 atom stereocenters. The predicted octanol–water partition coefficient (Wildman–Crippen LogP) is 13.1. The maximum Gasteiger partial charge on any atom is 0.360 e. The van der Waals surface area contributed by atoms with Crippen LogP contribution in [0.15, 0.2) is 87.0 Å². The molecule has 0 aromatic heterocycles. The van der Waals surface area contributed by atoms with Crippen LogP contribution in [0.3, 0.4) is 0 Å². The van der Waals surface area contributed by atoms with Gasteiger partial charge in [0.2, 0.25) is 0 Å². The minimum Gasteiger partial charge on any atom is -0.315 e. The Labute approximate surface area is 336 Å². The molecule has 0 N–H and O–H groups in total. The second-order valence-corrected chi connectivity index (χ2v) is 18.2. The summed E-state index contributed by atoms with van der Waals surface area (Å²) in [5.74, 6) is 0. The zero-order chi connectivity index (χ0) is 40.9. The highest BCUT2D eigenvalue weighted by Gasteiger charge is 2.31. The zero-order valence-corrected chi connectivity index (χ0v) is 37.9. The van der Waals surface area contributed by atoms with Gasteiger partial charge in [-0.1, -0.05) is 54.6 Å². The van der Waals surface area contributed by atoms with Crippen LogP contribution in [-0.4, -0.2) is 71.0 Å². The molecule has 314 valence electrons. The van der Waals surface area contributed by atoms with Crippen molar-refractivity contribution in [3.05, 3.63) is 89.5 Å². The van der Waals surface area contributed by atoms with E-state index >= 15 is 0 Å². The lowest BCUT2D eigenvalue weighted by Crippen LogP contribution is -2.41. The molecule has 0 radical (unpaired) electrons. The van der Waals surface area contributed by atoms with Crippen LogP contribution < -0.4 is 0 Å². The Balaban J connectivity index is 2.33. The summed E-state index contributed by atoms with van der Waals surface area (Å²) in [5.41, 5.74) is 5.25. The fraction of sp³-hybridized carbons (Fsp3) is 0.550. The molecule has 0 amide bonds. The van der Waals surface area contributed by atoms with Crippen molar-refractivity contribution in [3.63, 3.8) is 0 Å². The molecule has 13 nitrogen and oxygen atoms in total. The molecular formula is C40H66N4O9P3+. The van der Waals surface area contributed by atoms with Gasteiger partial charge in [-0.05, 0) is 80.5 Å². The van der Waals surface area contributed by atoms with Crippen molar-refractivity contribution in [3.8, 4) is 0 Å². The largest absolute Gasteiger partial charge is 0.360 e. The molecule has 0 spiro atoms. The van der Waals surface area contributed by atoms with Gasteiger partial charge < -0.3 is 45.2 Å². The highest BCUT2D eigenvalue weighted by atomic mass is 31.2. The molecule has 0 unspecified atom stereocenters. The third-order valence-corrected chi connectivity index (χ3v) is 14.6. The molecule has 0 saturated heterocycles. The van der Waals surface area contributed by atoms with Gasteiger partial charge in [-0.25, -0.2) is 0 Å². The van der Waals surface area contributed by atoms with Crippen LogP contribution in [0.25, 0.3) is 0 Å². The fourth-order valence-electron chi connectivity index (χ4n) is 6.09. The highest BCUT2D eigenvalue weighted by Crippen LogP contribution is 2.58. The third kappa shape index (κ3) is 14.3. The number of hydrogen-bond acceptors (Lipinski definition) is 12. The maximum absolute atomic E-state index is 6.14. The van der Waals surface area contributed by atoms with Crippen molar-refractivity contribution in [1.29, 1.82) is 0 Å². The van der Waals surface area contributed by atoms with E-state index in [-0.39, 0.29) is 0 Å². The highest BCUT2D eigenvalue weighted by molar-refractivity contribution is 7.52. The molecule has 0 aliphatic rings. The molecular weight excluding hydrogens is 773 g/mol. The average Bonchev–Trinajstić information content (AvgIpc) is 3.15. The number of rotatable bonds is 27. The maximum atomic E-state index is 6.14. The van der Waals surface area contributed by atoms with Crippen molar-refractivity contribution in [1.82, 2.24) is 0 Å². The van der Waals surface area contributed by atoms with Crippen molar-refractivity contribution in [2.24, 2.45) is 14.2 Å². The Morgan fingerprint density at radius 3 is 0.750 bits per heavy atom. The minimum absolute atomic E-state index is 0.401. The van der Waals surface area contributed by atoms with Gasteiger partial charge in [0.25, 0.3) is 0 Å². The van der Waals surface area contributed by atoms with Gasteiger partial charge in [-0.2, -0.15) is 14.2 Å². The van der Waals surface area contributed by atoms with Crippen molar-refractivity contribution >= 4 is 40.3 Å². The summed E-state index contributed by atoms with van der Waals surface area (Å²) in [4.78, 5) is 0. The first-order chi connectivity index (χ1) is 27.1. The van der Waals surface area contributed by atoms with Crippen LogP contribution in [0, 0.1) is 0 Å². The Morgan fingerprint density at radius 1 is 0.357 bits per heavy atom. The van der Waals surface area contributed by atoms with Crippen LogP contribution in [0.5, 0.6) is 0 Å². The summed E-state index contributed by atoms with van der Waals surface area (Å²) < 4.78 is 71.1. The van der Waals surface area contributed by atoms with Gasteiger partial charge in [0.1, 0.15) is 19.6 Å². The van der Waals surface area contributed by atoms with Crippen LogP contribution in [-0.2, 0) is 60.3 Å². The smallest absolute Gasteiger partial charge is 0.315 e. The summed E-state index contributed by atoms with van der Waals surface area (Å²) in [7, 11) is -6.88.